The van der Waals surface area contributed by atoms with Crippen LogP contribution in [0.2, 0.25) is 0 Å². The van der Waals surface area contributed by atoms with E-state index in [1.807, 2.05) is 6.92 Å². The van der Waals surface area contributed by atoms with Gasteiger partial charge in [0, 0.05) is 18.7 Å². The van der Waals surface area contributed by atoms with Crippen LogP contribution < -0.4 is 9.62 Å². The number of fused-ring (bicyclic) bond motifs is 1. The summed E-state index contributed by atoms with van der Waals surface area (Å²) < 4.78 is 25.7. The number of amides is 1. The van der Waals surface area contributed by atoms with Crippen molar-refractivity contribution in [1.82, 2.24) is 5.32 Å². The highest BCUT2D eigenvalue weighted by atomic mass is 32.2. The number of hydrogen-bond donors (Lipinski definition) is 1. The summed E-state index contributed by atoms with van der Waals surface area (Å²) in [5.74, 6) is -0.0826. The molecule has 1 atom stereocenters. The molecule has 1 aliphatic heterocycles. The molecule has 1 heterocycles. The first-order valence-corrected chi connectivity index (χ1v) is 7.88. The van der Waals surface area contributed by atoms with Gasteiger partial charge in [-0.05, 0) is 44.0 Å². The summed E-state index contributed by atoms with van der Waals surface area (Å²) in [6, 6.07) is 5.06. The van der Waals surface area contributed by atoms with Crippen LogP contribution in [0.15, 0.2) is 18.2 Å². The van der Waals surface area contributed by atoms with Crippen molar-refractivity contribution in [3.05, 3.63) is 29.3 Å². The first-order valence-electron chi connectivity index (χ1n) is 6.27. The van der Waals surface area contributed by atoms with E-state index < -0.39 is 10.0 Å². The molecule has 5 nitrogen and oxygen atoms in total. The van der Waals surface area contributed by atoms with Gasteiger partial charge < -0.3 is 5.32 Å². The third-order valence-corrected chi connectivity index (χ3v) is 5.27. The summed E-state index contributed by atoms with van der Waals surface area (Å²) in [6.07, 6.45) is 0.638. The molecule has 1 aromatic carbocycles. The minimum Gasteiger partial charge on any atom is -0.355 e. The van der Waals surface area contributed by atoms with Gasteiger partial charge in [-0.15, -0.1) is 0 Å². The molecule has 1 aromatic rings. The van der Waals surface area contributed by atoms with E-state index in [4.69, 9.17) is 0 Å². The van der Waals surface area contributed by atoms with Crippen LogP contribution in [0.1, 0.15) is 29.8 Å². The van der Waals surface area contributed by atoms with Crippen LogP contribution in [0.4, 0.5) is 5.69 Å². The van der Waals surface area contributed by atoms with Crippen molar-refractivity contribution in [2.24, 2.45) is 0 Å². The van der Waals surface area contributed by atoms with Crippen LogP contribution >= 0.6 is 0 Å². The van der Waals surface area contributed by atoms with Crippen molar-refractivity contribution < 1.29 is 13.2 Å². The monoisotopic (exact) mass is 282 g/mol. The lowest BCUT2D eigenvalue weighted by Crippen LogP contribution is -2.36. The zero-order chi connectivity index (χ0) is 14.2. The van der Waals surface area contributed by atoms with Gasteiger partial charge in [-0.2, -0.15) is 0 Å². The molecule has 1 amide bonds. The Kier molecular flexibility index (Phi) is 3.54. The molecule has 104 valence electrons. The first kappa shape index (κ1) is 13.9. The third-order valence-electron chi connectivity index (χ3n) is 3.39. The average Bonchev–Trinajstić information content (AvgIpc) is 2.73. The van der Waals surface area contributed by atoms with Crippen LogP contribution in [-0.4, -0.2) is 33.2 Å². The Morgan fingerprint density at radius 3 is 2.74 bits per heavy atom. The first-order chi connectivity index (χ1) is 8.90. The second-order valence-electron chi connectivity index (χ2n) is 4.67. The number of carbonyl (C=O) groups is 1. The van der Waals surface area contributed by atoms with Crippen molar-refractivity contribution in [3.63, 3.8) is 0 Å². The van der Waals surface area contributed by atoms with Crippen molar-refractivity contribution in [2.75, 3.05) is 17.1 Å². The standard InChI is InChI=1S/C13H18N2O3S/c1-4-19(17,18)15-9(2)7-11-8-10(13(16)14-3)5-6-12(11)15/h5-6,8-9H,4,7H2,1-3H3,(H,14,16)/t9-/m0/s1. The van der Waals surface area contributed by atoms with Crippen molar-refractivity contribution in [2.45, 2.75) is 26.3 Å². The number of sulfonamides is 1. The van der Waals surface area contributed by atoms with Gasteiger partial charge in [-0.1, -0.05) is 0 Å². The molecule has 19 heavy (non-hydrogen) atoms. The summed E-state index contributed by atoms with van der Waals surface area (Å²) in [7, 11) is -1.69. The highest BCUT2D eigenvalue weighted by molar-refractivity contribution is 7.92. The summed E-state index contributed by atoms with van der Waals surface area (Å²) >= 11 is 0. The van der Waals surface area contributed by atoms with Gasteiger partial charge in [-0.3, -0.25) is 9.10 Å². The van der Waals surface area contributed by atoms with Crippen LogP contribution in [0.3, 0.4) is 0 Å². The quantitative estimate of drug-likeness (QED) is 0.904. The smallest absolute Gasteiger partial charge is 0.251 e. The van der Waals surface area contributed by atoms with Crippen LogP contribution in [0.25, 0.3) is 0 Å². The highest BCUT2D eigenvalue weighted by Crippen LogP contribution is 2.35. The van der Waals surface area contributed by atoms with E-state index >= 15 is 0 Å². The summed E-state index contributed by atoms with van der Waals surface area (Å²) in [6.45, 7) is 3.52. The summed E-state index contributed by atoms with van der Waals surface area (Å²) in [5.41, 5.74) is 2.16. The van der Waals surface area contributed by atoms with Gasteiger partial charge >= 0.3 is 0 Å². The molecule has 0 aromatic heterocycles. The number of hydrogen-bond acceptors (Lipinski definition) is 3. The molecule has 0 radical (unpaired) electrons. The Balaban J connectivity index is 2.47. The molecule has 0 spiro atoms. The molecule has 0 saturated heterocycles. The normalized spacial score (nSPS) is 18.3. The molecule has 0 aliphatic carbocycles. The number of anilines is 1. The van der Waals surface area contributed by atoms with Gasteiger partial charge in [0.2, 0.25) is 10.0 Å². The van der Waals surface area contributed by atoms with Crippen LogP contribution in [0, 0.1) is 0 Å². The minimum absolute atomic E-state index is 0.0774. The van der Waals surface area contributed by atoms with E-state index in [0.717, 1.165) is 5.56 Å². The second kappa shape index (κ2) is 4.85. The SMILES string of the molecule is CCS(=O)(=O)N1c2ccc(C(=O)NC)cc2C[C@@H]1C. The predicted molar refractivity (Wildman–Crippen MR) is 74.9 cm³/mol. The average molecular weight is 282 g/mol. The van der Waals surface area contributed by atoms with E-state index in [9.17, 15) is 13.2 Å². The molecule has 2 rings (SSSR count). The zero-order valence-corrected chi connectivity index (χ0v) is 12.1. The topological polar surface area (TPSA) is 66.5 Å². The van der Waals surface area contributed by atoms with Gasteiger partial charge in [0.1, 0.15) is 0 Å². The fourth-order valence-corrected chi connectivity index (χ4v) is 3.83. The number of rotatable bonds is 3. The maximum Gasteiger partial charge on any atom is 0.251 e. The predicted octanol–water partition coefficient (Wildman–Crippen LogP) is 1.15. The van der Waals surface area contributed by atoms with Gasteiger partial charge in [0.05, 0.1) is 11.4 Å². The van der Waals surface area contributed by atoms with E-state index in [0.29, 0.717) is 17.7 Å². The zero-order valence-electron chi connectivity index (χ0n) is 11.3. The molecular weight excluding hydrogens is 264 g/mol. The highest BCUT2D eigenvalue weighted by Gasteiger charge is 2.34. The van der Waals surface area contributed by atoms with Crippen molar-refractivity contribution in [3.8, 4) is 0 Å². The fourth-order valence-electron chi connectivity index (χ4n) is 2.45. The minimum atomic E-state index is -3.27. The molecule has 0 bridgehead atoms. The van der Waals surface area contributed by atoms with Crippen LogP contribution in [0.5, 0.6) is 0 Å². The Morgan fingerprint density at radius 2 is 2.16 bits per heavy atom. The Morgan fingerprint density at radius 1 is 1.47 bits per heavy atom. The molecule has 0 unspecified atom stereocenters. The molecule has 1 aliphatic rings. The van der Waals surface area contributed by atoms with E-state index in [-0.39, 0.29) is 17.7 Å². The lowest BCUT2D eigenvalue weighted by atomic mass is 10.1. The Labute approximate surface area is 113 Å². The molecule has 0 fully saturated rings. The number of nitrogens with one attached hydrogen (secondary N) is 1. The second-order valence-corrected chi connectivity index (χ2v) is 6.81. The number of benzene rings is 1. The fraction of sp³-hybridized carbons (Fsp3) is 0.462. The largest absolute Gasteiger partial charge is 0.355 e. The molecule has 6 heteroatoms. The van der Waals surface area contributed by atoms with Crippen molar-refractivity contribution in [1.29, 1.82) is 0 Å². The van der Waals surface area contributed by atoms with E-state index in [1.165, 1.54) is 4.31 Å². The van der Waals surface area contributed by atoms with E-state index in [1.54, 1.807) is 32.2 Å². The van der Waals surface area contributed by atoms with Gasteiger partial charge in [-0.25, -0.2) is 8.42 Å². The maximum atomic E-state index is 12.1. The number of carbonyl (C=O) groups excluding carboxylic acids is 1. The lowest BCUT2D eigenvalue weighted by Gasteiger charge is -2.23. The van der Waals surface area contributed by atoms with Crippen LogP contribution in [-0.2, 0) is 16.4 Å². The molecule has 1 N–H and O–H groups in total. The molecule has 0 saturated carbocycles. The Hall–Kier alpha value is -1.56. The van der Waals surface area contributed by atoms with Gasteiger partial charge in [0.25, 0.3) is 5.91 Å². The van der Waals surface area contributed by atoms with E-state index in [2.05, 4.69) is 5.32 Å². The van der Waals surface area contributed by atoms with Gasteiger partial charge in [0.15, 0.2) is 0 Å². The summed E-state index contributed by atoms with van der Waals surface area (Å²) in [4.78, 5) is 11.6. The number of nitrogens with zero attached hydrogens (tertiary/aromatic N) is 1. The molecular formula is C13H18N2O3S. The lowest BCUT2D eigenvalue weighted by molar-refractivity contribution is 0.0963. The maximum absolute atomic E-state index is 12.1. The Bertz CT molecular complexity index is 610. The third kappa shape index (κ3) is 2.32. The van der Waals surface area contributed by atoms with Crippen molar-refractivity contribution >= 4 is 21.6 Å². The summed E-state index contributed by atoms with van der Waals surface area (Å²) in [5, 5.41) is 2.57.